The number of alkyl carbamates (subject to hydrolysis) is 1. The Labute approximate surface area is 153 Å². The first kappa shape index (κ1) is 20.2. The molecular formula is C17H25N3O5S. The number of amides is 2. The molecule has 9 heteroatoms. The molecule has 0 unspecified atom stereocenters. The molecule has 0 fully saturated rings. The zero-order valence-electron chi connectivity index (χ0n) is 15.5. The SMILES string of the molecule is CC(=O)N1CCc2cc(S(=O)(=O)NCCNC(=O)OC(C)(C)C)ccc21. The van der Waals surface area contributed by atoms with Gasteiger partial charge < -0.3 is 15.0 Å². The van der Waals surface area contributed by atoms with Gasteiger partial charge in [0.1, 0.15) is 5.60 Å². The molecule has 26 heavy (non-hydrogen) atoms. The number of hydrogen-bond donors (Lipinski definition) is 2. The van der Waals surface area contributed by atoms with E-state index in [1.165, 1.54) is 13.0 Å². The maximum absolute atomic E-state index is 12.4. The molecule has 1 heterocycles. The highest BCUT2D eigenvalue weighted by Crippen LogP contribution is 2.30. The Bertz CT molecular complexity index is 799. The van der Waals surface area contributed by atoms with Gasteiger partial charge in [0.2, 0.25) is 15.9 Å². The zero-order chi connectivity index (χ0) is 19.5. The summed E-state index contributed by atoms with van der Waals surface area (Å²) in [4.78, 5) is 24.8. The molecule has 144 valence electrons. The minimum absolute atomic E-state index is 0.0399. The van der Waals surface area contributed by atoms with Crippen molar-refractivity contribution in [3.8, 4) is 0 Å². The second-order valence-corrected chi connectivity index (χ2v) is 8.80. The highest BCUT2D eigenvalue weighted by Gasteiger charge is 2.24. The van der Waals surface area contributed by atoms with Gasteiger partial charge in [-0.15, -0.1) is 0 Å². The molecular weight excluding hydrogens is 358 g/mol. The van der Waals surface area contributed by atoms with Crippen LogP contribution in [-0.2, 0) is 26.0 Å². The Morgan fingerprint density at radius 1 is 1.23 bits per heavy atom. The van der Waals surface area contributed by atoms with E-state index in [4.69, 9.17) is 4.74 Å². The standard InChI is InChI=1S/C17H25N3O5S/c1-12(21)20-10-7-13-11-14(5-6-15(13)20)26(23,24)19-9-8-18-16(22)25-17(2,3)4/h5-6,11,19H,7-10H2,1-4H3,(H,18,22). The molecule has 8 nitrogen and oxygen atoms in total. The monoisotopic (exact) mass is 383 g/mol. The lowest BCUT2D eigenvalue weighted by Gasteiger charge is -2.19. The predicted molar refractivity (Wildman–Crippen MR) is 97.6 cm³/mol. The van der Waals surface area contributed by atoms with Crippen molar-refractivity contribution in [2.75, 3.05) is 24.5 Å². The van der Waals surface area contributed by atoms with Gasteiger partial charge in [-0.2, -0.15) is 0 Å². The first-order valence-corrected chi connectivity index (χ1v) is 9.85. The van der Waals surface area contributed by atoms with Crippen LogP contribution in [0.1, 0.15) is 33.3 Å². The Kier molecular flexibility index (Phi) is 5.92. The van der Waals surface area contributed by atoms with Crippen molar-refractivity contribution in [3.63, 3.8) is 0 Å². The molecule has 0 aliphatic carbocycles. The minimum atomic E-state index is -3.70. The van der Waals surface area contributed by atoms with Crippen molar-refractivity contribution >= 4 is 27.7 Å². The predicted octanol–water partition coefficient (Wildman–Crippen LogP) is 1.40. The highest BCUT2D eigenvalue weighted by molar-refractivity contribution is 7.89. The third kappa shape index (κ3) is 5.18. The third-order valence-electron chi connectivity index (χ3n) is 3.72. The Morgan fingerprint density at radius 2 is 1.92 bits per heavy atom. The molecule has 0 saturated heterocycles. The lowest BCUT2D eigenvalue weighted by atomic mass is 10.2. The van der Waals surface area contributed by atoms with Crippen molar-refractivity contribution in [2.24, 2.45) is 0 Å². The number of nitrogens with one attached hydrogen (secondary N) is 2. The Hall–Kier alpha value is -2.13. The average molecular weight is 383 g/mol. The van der Waals surface area contributed by atoms with Gasteiger partial charge in [-0.3, -0.25) is 4.79 Å². The third-order valence-corrected chi connectivity index (χ3v) is 5.18. The highest BCUT2D eigenvalue weighted by atomic mass is 32.2. The van der Waals surface area contributed by atoms with E-state index in [2.05, 4.69) is 10.0 Å². The summed E-state index contributed by atoms with van der Waals surface area (Å²) in [6, 6.07) is 4.71. The molecule has 2 rings (SSSR count). The quantitative estimate of drug-likeness (QED) is 0.748. The molecule has 2 N–H and O–H groups in total. The number of ether oxygens (including phenoxy) is 1. The fourth-order valence-corrected chi connectivity index (χ4v) is 3.70. The maximum atomic E-state index is 12.4. The Balaban J connectivity index is 1.93. The molecule has 1 aliphatic rings. The number of fused-ring (bicyclic) bond motifs is 1. The molecule has 0 saturated carbocycles. The number of nitrogens with zero attached hydrogens (tertiary/aromatic N) is 1. The molecule has 0 radical (unpaired) electrons. The summed E-state index contributed by atoms with van der Waals surface area (Å²) in [7, 11) is -3.70. The van der Waals surface area contributed by atoms with Gasteiger partial charge >= 0.3 is 6.09 Å². The van der Waals surface area contributed by atoms with Crippen molar-refractivity contribution in [2.45, 2.75) is 44.6 Å². The smallest absolute Gasteiger partial charge is 0.407 e. The van der Waals surface area contributed by atoms with Crippen LogP contribution in [0.25, 0.3) is 0 Å². The lowest BCUT2D eigenvalue weighted by Crippen LogP contribution is -2.37. The number of anilines is 1. The summed E-state index contributed by atoms with van der Waals surface area (Å²) in [5, 5.41) is 2.49. The van der Waals surface area contributed by atoms with Crippen molar-refractivity contribution in [3.05, 3.63) is 23.8 Å². The number of sulfonamides is 1. The van der Waals surface area contributed by atoms with Gasteiger partial charge in [-0.1, -0.05) is 0 Å². The number of carbonyl (C=O) groups excluding carboxylic acids is 2. The summed E-state index contributed by atoms with van der Waals surface area (Å²) in [5.74, 6) is -0.0642. The van der Waals surface area contributed by atoms with E-state index in [1.807, 2.05) is 0 Å². The molecule has 0 spiro atoms. The van der Waals surface area contributed by atoms with Crippen LogP contribution < -0.4 is 14.9 Å². The second-order valence-electron chi connectivity index (χ2n) is 7.04. The van der Waals surface area contributed by atoms with Crippen LogP contribution in [0.4, 0.5) is 10.5 Å². The van der Waals surface area contributed by atoms with Crippen LogP contribution in [0.2, 0.25) is 0 Å². The van der Waals surface area contributed by atoms with E-state index in [9.17, 15) is 18.0 Å². The number of rotatable bonds is 5. The van der Waals surface area contributed by atoms with Crippen molar-refractivity contribution in [1.29, 1.82) is 0 Å². The van der Waals surface area contributed by atoms with Gasteiger partial charge in [-0.25, -0.2) is 17.9 Å². The molecule has 1 aromatic carbocycles. The van der Waals surface area contributed by atoms with Crippen LogP contribution in [0.15, 0.2) is 23.1 Å². The summed E-state index contributed by atoms with van der Waals surface area (Å²) < 4.78 is 32.3. The summed E-state index contributed by atoms with van der Waals surface area (Å²) >= 11 is 0. The fourth-order valence-electron chi connectivity index (χ4n) is 2.62. The van der Waals surface area contributed by atoms with Crippen LogP contribution >= 0.6 is 0 Å². The van der Waals surface area contributed by atoms with Gasteiger partial charge in [0, 0.05) is 32.2 Å². The normalized spacial score (nSPS) is 14.1. The van der Waals surface area contributed by atoms with E-state index in [-0.39, 0.29) is 23.9 Å². The van der Waals surface area contributed by atoms with E-state index in [1.54, 1.807) is 37.8 Å². The summed E-state index contributed by atoms with van der Waals surface area (Å²) in [5.41, 5.74) is 0.972. The van der Waals surface area contributed by atoms with Crippen LogP contribution in [-0.4, -0.2) is 45.7 Å². The van der Waals surface area contributed by atoms with Crippen LogP contribution in [0.5, 0.6) is 0 Å². The fraction of sp³-hybridized carbons (Fsp3) is 0.529. The van der Waals surface area contributed by atoms with Crippen molar-refractivity contribution in [1.82, 2.24) is 10.0 Å². The first-order chi connectivity index (χ1) is 12.0. The molecule has 0 atom stereocenters. The molecule has 2 amide bonds. The van der Waals surface area contributed by atoms with E-state index in [0.717, 1.165) is 11.3 Å². The summed E-state index contributed by atoms with van der Waals surface area (Å²) in [6.07, 6.45) is 0.0249. The minimum Gasteiger partial charge on any atom is -0.444 e. The van der Waals surface area contributed by atoms with Crippen molar-refractivity contribution < 1.29 is 22.7 Å². The largest absolute Gasteiger partial charge is 0.444 e. The molecule has 1 aliphatic heterocycles. The second kappa shape index (κ2) is 7.63. The topological polar surface area (TPSA) is 105 Å². The van der Waals surface area contributed by atoms with E-state index in [0.29, 0.717) is 13.0 Å². The average Bonchev–Trinajstić information content (AvgIpc) is 2.93. The number of benzene rings is 1. The van der Waals surface area contributed by atoms with E-state index >= 15 is 0 Å². The van der Waals surface area contributed by atoms with Gasteiger partial charge in [-0.05, 0) is 51.0 Å². The van der Waals surface area contributed by atoms with Crippen LogP contribution in [0.3, 0.4) is 0 Å². The first-order valence-electron chi connectivity index (χ1n) is 8.37. The number of hydrogen-bond acceptors (Lipinski definition) is 5. The zero-order valence-corrected chi connectivity index (χ0v) is 16.3. The molecule has 1 aromatic rings. The van der Waals surface area contributed by atoms with Gasteiger partial charge in [0.15, 0.2) is 0 Å². The Morgan fingerprint density at radius 3 is 2.54 bits per heavy atom. The van der Waals surface area contributed by atoms with Gasteiger partial charge in [0.05, 0.1) is 4.90 Å². The summed E-state index contributed by atoms with van der Waals surface area (Å²) in [6.45, 7) is 7.43. The maximum Gasteiger partial charge on any atom is 0.407 e. The molecule has 0 aromatic heterocycles. The lowest BCUT2D eigenvalue weighted by molar-refractivity contribution is -0.116. The molecule has 0 bridgehead atoms. The number of carbonyl (C=O) groups is 2. The van der Waals surface area contributed by atoms with Crippen LogP contribution in [0, 0.1) is 0 Å². The van der Waals surface area contributed by atoms with Gasteiger partial charge in [0.25, 0.3) is 0 Å². The van der Waals surface area contributed by atoms with E-state index < -0.39 is 21.7 Å².